The highest BCUT2D eigenvalue weighted by Crippen LogP contribution is 2.44. The van der Waals surface area contributed by atoms with Crippen LogP contribution in [-0.4, -0.2) is 0 Å². The van der Waals surface area contributed by atoms with E-state index in [1.165, 1.54) is 82.0 Å². The SMILES string of the molecule is CCCCCCCC1CC(CCCCCC)C(C)C(C)=C(S)C1C. The van der Waals surface area contributed by atoms with Gasteiger partial charge in [0.15, 0.2) is 0 Å². The maximum Gasteiger partial charge on any atom is -0.0105 e. The van der Waals surface area contributed by atoms with E-state index in [-0.39, 0.29) is 0 Å². The first-order valence-electron chi connectivity index (χ1n) is 10.9. The van der Waals surface area contributed by atoms with Crippen LogP contribution < -0.4 is 0 Å². The first kappa shape index (κ1) is 22.1. The van der Waals surface area contributed by atoms with Crippen LogP contribution in [0.1, 0.15) is 112 Å². The van der Waals surface area contributed by atoms with Crippen LogP contribution in [0.5, 0.6) is 0 Å². The fourth-order valence-corrected chi connectivity index (χ4v) is 4.96. The van der Waals surface area contributed by atoms with Gasteiger partial charge in [0.2, 0.25) is 0 Å². The highest BCUT2D eigenvalue weighted by atomic mass is 32.1. The second-order valence-corrected chi connectivity index (χ2v) is 8.94. The van der Waals surface area contributed by atoms with Crippen molar-refractivity contribution in [2.75, 3.05) is 0 Å². The van der Waals surface area contributed by atoms with Crippen LogP contribution in [0.15, 0.2) is 10.5 Å². The predicted octanol–water partition coefficient (Wildman–Crippen LogP) is 8.43. The Morgan fingerprint density at radius 1 is 0.750 bits per heavy atom. The minimum Gasteiger partial charge on any atom is -0.148 e. The van der Waals surface area contributed by atoms with E-state index in [1.54, 1.807) is 5.57 Å². The second kappa shape index (κ2) is 12.4. The van der Waals surface area contributed by atoms with Gasteiger partial charge in [0.25, 0.3) is 0 Å². The minimum absolute atomic E-state index is 0.669. The molecule has 0 amide bonds. The molecule has 4 unspecified atom stereocenters. The summed E-state index contributed by atoms with van der Waals surface area (Å²) in [6.07, 6.45) is 16.9. The highest BCUT2D eigenvalue weighted by molar-refractivity contribution is 7.84. The van der Waals surface area contributed by atoms with E-state index >= 15 is 0 Å². The van der Waals surface area contributed by atoms with Gasteiger partial charge in [-0.05, 0) is 54.8 Å². The summed E-state index contributed by atoms with van der Waals surface area (Å²) in [5.41, 5.74) is 1.58. The molecule has 1 heteroatoms. The summed E-state index contributed by atoms with van der Waals surface area (Å²) in [5.74, 6) is 3.14. The molecule has 24 heavy (non-hydrogen) atoms. The summed E-state index contributed by atoms with van der Waals surface area (Å²) >= 11 is 4.96. The van der Waals surface area contributed by atoms with Gasteiger partial charge in [-0.2, -0.15) is 0 Å². The quantitative estimate of drug-likeness (QED) is 0.280. The van der Waals surface area contributed by atoms with Gasteiger partial charge in [-0.25, -0.2) is 0 Å². The van der Waals surface area contributed by atoms with Crippen molar-refractivity contribution in [2.24, 2.45) is 23.7 Å². The van der Waals surface area contributed by atoms with Crippen molar-refractivity contribution >= 4 is 12.6 Å². The van der Waals surface area contributed by atoms with E-state index in [2.05, 4.69) is 34.6 Å². The van der Waals surface area contributed by atoms with Crippen LogP contribution in [0.25, 0.3) is 0 Å². The largest absolute Gasteiger partial charge is 0.148 e. The van der Waals surface area contributed by atoms with Crippen molar-refractivity contribution in [2.45, 2.75) is 112 Å². The van der Waals surface area contributed by atoms with Crippen LogP contribution >= 0.6 is 12.6 Å². The van der Waals surface area contributed by atoms with Crippen LogP contribution in [0.2, 0.25) is 0 Å². The molecule has 0 aliphatic heterocycles. The summed E-state index contributed by atoms with van der Waals surface area (Å²) < 4.78 is 0. The molecular weight excluding hydrogens is 308 g/mol. The molecule has 1 aliphatic rings. The topological polar surface area (TPSA) is 0 Å². The first-order valence-corrected chi connectivity index (χ1v) is 11.4. The lowest BCUT2D eigenvalue weighted by molar-refractivity contribution is 0.254. The van der Waals surface area contributed by atoms with Crippen LogP contribution in [0.4, 0.5) is 0 Å². The second-order valence-electron chi connectivity index (χ2n) is 8.45. The fourth-order valence-electron chi connectivity index (χ4n) is 4.55. The smallest absolute Gasteiger partial charge is 0.0105 e. The Labute approximate surface area is 158 Å². The number of unbranched alkanes of at least 4 members (excludes halogenated alkanes) is 7. The molecule has 0 nitrogen and oxygen atoms in total. The predicted molar refractivity (Wildman–Crippen MR) is 114 cm³/mol. The lowest BCUT2D eigenvalue weighted by Crippen LogP contribution is -2.17. The molecule has 4 atom stereocenters. The van der Waals surface area contributed by atoms with E-state index in [4.69, 9.17) is 12.6 Å². The van der Waals surface area contributed by atoms with Gasteiger partial charge in [-0.3, -0.25) is 0 Å². The minimum atomic E-state index is 0.669. The third-order valence-corrected chi connectivity index (χ3v) is 7.40. The van der Waals surface area contributed by atoms with Gasteiger partial charge >= 0.3 is 0 Å². The number of allylic oxidation sites excluding steroid dienone is 2. The zero-order valence-electron chi connectivity index (χ0n) is 17.2. The molecular formula is C23H44S. The molecule has 0 aromatic carbocycles. The van der Waals surface area contributed by atoms with Gasteiger partial charge in [0.05, 0.1) is 0 Å². The molecule has 0 radical (unpaired) electrons. The van der Waals surface area contributed by atoms with Gasteiger partial charge in [0, 0.05) is 0 Å². The number of rotatable bonds is 11. The standard InChI is InChI=1S/C23H44S/c1-6-8-10-12-14-16-22-17-21(15-13-11-9-7-2)18(3)19(4)23(24)20(22)5/h18,20-22,24H,6-17H2,1-5H3. The molecule has 0 heterocycles. The third-order valence-electron chi connectivity index (χ3n) is 6.64. The number of hydrogen-bond donors (Lipinski definition) is 1. The molecule has 0 N–H and O–H groups in total. The van der Waals surface area contributed by atoms with Crippen LogP contribution in [-0.2, 0) is 0 Å². The summed E-state index contributed by atoms with van der Waals surface area (Å²) in [6.45, 7) is 11.9. The van der Waals surface area contributed by atoms with E-state index in [0.29, 0.717) is 5.92 Å². The maximum absolute atomic E-state index is 4.96. The average molecular weight is 353 g/mol. The van der Waals surface area contributed by atoms with Crippen LogP contribution in [0.3, 0.4) is 0 Å². The van der Waals surface area contributed by atoms with Crippen molar-refractivity contribution in [3.8, 4) is 0 Å². The molecule has 142 valence electrons. The summed E-state index contributed by atoms with van der Waals surface area (Å²) in [7, 11) is 0. The average Bonchev–Trinajstić information content (AvgIpc) is 2.65. The van der Waals surface area contributed by atoms with Gasteiger partial charge < -0.3 is 0 Å². The molecule has 1 aliphatic carbocycles. The molecule has 0 bridgehead atoms. The molecule has 0 saturated carbocycles. The summed E-state index contributed by atoms with van der Waals surface area (Å²) in [5, 5.41) is 0. The van der Waals surface area contributed by atoms with Crippen molar-refractivity contribution in [1.29, 1.82) is 0 Å². The number of hydrogen-bond acceptors (Lipinski definition) is 1. The molecule has 0 fully saturated rings. The Hall–Kier alpha value is 0.0900. The Morgan fingerprint density at radius 2 is 1.21 bits per heavy atom. The Balaban J connectivity index is 2.62. The highest BCUT2D eigenvalue weighted by Gasteiger charge is 2.31. The Bertz CT molecular complexity index is 357. The van der Waals surface area contributed by atoms with E-state index in [0.717, 1.165) is 17.8 Å². The third kappa shape index (κ3) is 7.14. The zero-order chi connectivity index (χ0) is 17.9. The molecule has 0 spiro atoms. The summed E-state index contributed by atoms with van der Waals surface area (Å²) in [6, 6.07) is 0. The van der Waals surface area contributed by atoms with Crippen molar-refractivity contribution in [3.63, 3.8) is 0 Å². The first-order chi connectivity index (χ1) is 11.5. The molecule has 0 saturated heterocycles. The van der Waals surface area contributed by atoms with Gasteiger partial charge in [0.1, 0.15) is 0 Å². The fraction of sp³-hybridized carbons (Fsp3) is 0.913. The Morgan fingerprint density at radius 3 is 1.75 bits per heavy atom. The van der Waals surface area contributed by atoms with Gasteiger partial charge in [-0.1, -0.05) is 91.1 Å². The molecule has 0 aromatic heterocycles. The monoisotopic (exact) mass is 352 g/mol. The Kier molecular flexibility index (Phi) is 11.5. The van der Waals surface area contributed by atoms with E-state index < -0.39 is 0 Å². The lowest BCUT2D eigenvalue weighted by atomic mass is 9.78. The van der Waals surface area contributed by atoms with Crippen molar-refractivity contribution in [1.82, 2.24) is 0 Å². The number of thiol groups is 1. The van der Waals surface area contributed by atoms with E-state index in [1.807, 2.05) is 0 Å². The zero-order valence-corrected chi connectivity index (χ0v) is 18.1. The molecule has 1 rings (SSSR count). The summed E-state index contributed by atoms with van der Waals surface area (Å²) in [4.78, 5) is 1.41. The normalized spacial score (nSPS) is 28.2. The van der Waals surface area contributed by atoms with Crippen LogP contribution in [0, 0.1) is 23.7 Å². The van der Waals surface area contributed by atoms with E-state index in [9.17, 15) is 0 Å². The van der Waals surface area contributed by atoms with Crippen molar-refractivity contribution < 1.29 is 0 Å². The maximum atomic E-state index is 4.96. The van der Waals surface area contributed by atoms with Crippen molar-refractivity contribution in [3.05, 3.63) is 10.5 Å². The van der Waals surface area contributed by atoms with Gasteiger partial charge in [-0.15, -0.1) is 12.6 Å². The lowest BCUT2D eigenvalue weighted by Gasteiger charge is -2.27. The molecule has 0 aromatic rings.